The summed E-state index contributed by atoms with van der Waals surface area (Å²) in [6.07, 6.45) is -0.125. The normalized spacial score (nSPS) is 26.5. The Bertz CT molecular complexity index is 311. The number of rotatable bonds is 1. The fraction of sp³-hybridized carbons (Fsp3) is 0.625. The average molecular weight is 204 g/mol. The third-order valence-corrected chi connectivity index (χ3v) is 3.12. The monoisotopic (exact) mass is 204 g/mol. The molecular weight excluding hydrogens is 194 g/mol. The molecule has 5 heteroatoms. The van der Waals surface area contributed by atoms with Crippen molar-refractivity contribution in [3.8, 4) is 0 Å². The van der Waals surface area contributed by atoms with E-state index in [1.54, 1.807) is 0 Å². The molecular formula is C8H10F2N2S. The largest absolute Gasteiger partial charge is 0.302 e. The van der Waals surface area contributed by atoms with Crippen LogP contribution in [-0.4, -0.2) is 17.5 Å². The smallest absolute Gasteiger partial charge is 0.262 e. The van der Waals surface area contributed by atoms with Crippen molar-refractivity contribution in [1.82, 2.24) is 10.3 Å². The molecule has 0 aliphatic carbocycles. The van der Waals surface area contributed by atoms with Crippen LogP contribution in [0.25, 0.3) is 0 Å². The molecule has 2 rings (SSSR count). The van der Waals surface area contributed by atoms with Gasteiger partial charge in [-0.15, -0.1) is 11.3 Å². The Hall–Kier alpha value is -0.550. The minimum absolute atomic E-state index is 0.125. The molecule has 0 bridgehead atoms. The number of hydrogen-bond acceptors (Lipinski definition) is 3. The van der Waals surface area contributed by atoms with E-state index in [2.05, 4.69) is 10.3 Å². The van der Waals surface area contributed by atoms with Crippen LogP contribution in [0.4, 0.5) is 8.78 Å². The zero-order valence-corrected chi connectivity index (χ0v) is 8.00. The highest BCUT2D eigenvalue weighted by Crippen LogP contribution is 2.34. The van der Waals surface area contributed by atoms with E-state index in [9.17, 15) is 8.78 Å². The molecule has 0 spiro atoms. The van der Waals surface area contributed by atoms with Crippen LogP contribution in [0.15, 0.2) is 5.38 Å². The summed E-state index contributed by atoms with van der Waals surface area (Å²) in [6, 6.07) is -0.256. The van der Waals surface area contributed by atoms with Gasteiger partial charge in [0, 0.05) is 17.5 Å². The molecule has 2 heterocycles. The van der Waals surface area contributed by atoms with E-state index in [1.165, 1.54) is 11.3 Å². The van der Waals surface area contributed by atoms with Gasteiger partial charge in [-0.25, -0.2) is 13.8 Å². The lowest BCUT2D eigenvalue weighted by atomic mass is 10.2. The topological polar surface area (TPSA) is 24.9 Å². The number of hydrogen-bond donors (Lipinski definition) is 1. The lowest BCUT2D eigenvalue weighted by Gasteiger charge is -2.05. The van der Waals surface area contributed by atoms with Crippen LogP contribution in [0.2, 0.25) is 0 Å². The van der Waals surface area contributed by atoms with E-state index in [0.717, 1.165) is 10.7 Å². The minimum Gasteiger partial charge on any atom is -0.302 e. The summed E-state index contributed by atoms with van der Waals surface area (Å²) in [5, 5.41) is 5.43. The van der Waals surface area contributed by atoms with Gasteiger partial charge in [-0.05, 0) is 6.92 Å². The number of alkyl halides is 2. The van der Waals surface area contributed by atoms with Crippen molar-refractivity contribution in [1.29, 1.82) is 0 Å². The summed E-state index contributed by atoms with van der Waals surface area (Å²) in [5.74, 6) is -2.57. The zero-order valence-electron chi connectivity index (χ0n) is 7.18. The molecule has 0 saturated carbocycles. The predicted molar refractivity (Wildman–Crippen MR) is 47.2 cm³/mol. The molecule has 1 fully saturated rings. The maximum Gasteiger partial charge on any atom is 0.262 e. The number of nitrogens with zero attached hydrogens (tertiary/aromatic N) is 1. The third-order valence-electron chi connectivity index (χ3n) is 2.04. The van der Waals surface area contributed by atoms with Crippen LogP contribution < -0.4 is 5.32 Å². The number of nitrogens with one attached hydrogen (secondary N) is 1. The summed E-state index contributed by atoms with van der Waals surface area (Å²) in [4.78, 5) is 4.18. The highest BCUT2D eigenvalue weighted by atomic mass is 32.1. The molecule has 1 unspecified atom stereocenters. The van der Waals surface area contributed by atoms with Crippen LogP contribution >= 0.6 is 11.3 Å². The molecule has 1 N–H and O–H groups in total. The highest BCUT2D eigenvalue weighted by molar-refractivity contribution is 7.09. The third kappa shape index (κ3) is 1.86. The van der Waals surface area contributed by atoms with Crippen molar-refractivity contribution >= 4 is 11.3 Å². The average Bonchev–Trinajstić information content (AvgIpc) is 2.56. The van der Waals surface area contributed by atoms with E-state index in [1.807, 2.05) is 12.3 Å². The van der Waals surface area contributed by atoms with Crippen LogP contribution in [-0.2, 0) is 0 Å². The van der Waals surface area contributed by atoms with Gasteiger partial charge in [0.05, 0.1) is 12.6 Å². The number of thiazole rings is 1. The van der Waals surface area contributed by atoms with Crippen LogP contribution in [0, 0.1) is 6.92 Å². The Labute approximate surface area is 79.0 Å². The van der Waals surface area contributed by atoms with Gasteiger partial charge in [0.15, 0.2) is 0 Å². The van der Waals surface area contributed by atoms with Gasteiger partial charge < -0.3 is 5.32 Å². The fourth-order valence-electron chi connectivity index (χ4n) is 1.42. The summed E-state index contributed by atoms with van der Waals surface area (Å²) in [6.45, 7) is 1.64. The summed E-state index contributed by atoms with van der Waals surface area (Å²) in [7, 11) is 0. The van der Waals surface area contributed by atoms with Crippen molar-refractivity contribution in [3.05, 3.63) is 16.1 Å². The molecule has 0 amide bonds. The fourth-order valence-corrected chi connectivity index (χ4v) is 2.29. The highest BCUT2D eigenvalue weighted by Gasteiger charge is 2.40. The van der Waals surface area contributed by atoms with E-state index in [4.69, 9.17) is 0 Å². The van der Waals surface area contributed by atoms with Crippen LogP contribution in [0.3, 0.4) is 0 Å². The predicted octanol–water partition coefficient (Wildman–Crippen LogP) is 2.12. The standard InChI is InChI=1S/C8H10F2N2S/c1-5-3-13-7(12-5)6-2-8(9,10)4-11-6/h3,6,11H,2,4H2,1H3. The van der Waals surface area contributed by atoms with Gasteiger partial charge >= 0.3 is 0 Å². The molecule has 0 aromatic carbocycles. The van der Waals surface area contributed by atoms with Crippen molar-refractivity contribution in [2.24, 2.45) is 0 Å². The lowest BCUT2D eigenvalue weighted by Crippen LogP contribution is -2.19. The first-order valence-corrected chi connectivity index (χ1v) is 4.98. The molecule has 1 aliphatic rings. The summed E-state index contributed by atoms with van der Waals surface area (Å²) >= 11 is 1.44. The van der Waals surface area contributed by atoms with Gasteiger partial charge in [0.2, 0.25) is 0 Å². The van der Waals surface area contributed by atoms with Crippen molar-refractivity contribution < 1.29 is 8.78 Å². The van der Waals surface area contributed by atoms with E-state index < -0.39 is 5.92 Å². The quantitative estimate of drug-likeness (QED) is 0.758. The second-order valence-electron chi connectivity index (χ2n) is 3.32. The first-order chi connectivity index (χ1) is 6.07. The maximum atomic E-state index is 12.8. The zero-order chi connectivity index (χ0) is 9.47. The van der Waals surface area contributed by atoms with Crippen molar-refractivity contribution in [2.75, 3.05) is 6.54 Å². The van der Waals surface area contributed by atoms with Gasteiger partial charge in [0.25, 0.3) is 5.92 Å². The van der Waals surface area contributed by atoms with Crippen molar-refractivity contribution in [3.63, 3.8) is 0 Å². The summed E-state index contributed by atoms with van der Waals surface area (Å²) in [5.41, 5.74) is 0.900. The first-order valence-electron chi connectivity index (χ1n) is 4.10. The molecule has 0 radical (unpaired) electrons. The van der Waals surface area contributed by atoms with Gasteiger partial charge in [-0.2, -0.15) is 0 Å². The van der Waals surface area contributed by atoms with Gasteiger partial charge in [-0.1, -0.05) is 0 Å². The van der Waals surface area contributed by atoms with Crippen molar-refractivity contribution in [2.45, 2.75) is 25.3 Å². The maximum absolute atomic E-state index is 12.8. The molecule has 1 aromatic heterocycles. The lowest BCUT2D eigenvalue weighted by molar-refractivity contribution is 0.0210. The Morgan fingerprint density at radius 2 is 2.46 bits per heavy atom. The number of halogens is 2. The minimum atomic E-state index is -2.57. The molecule has 2 nitrogen and oxygen atoms in total. The SMILES string of the molecule is Cc1csc(C2CC(F)(F)CN2)n1. The molecule has 1 aromatic rings. The Balaban J connectivity index is 2.12. The Morgan fingerprint density at radius 3 is 2.92 bits per heavy atom. The Morgan fingerprint density at radius 1 is 1.69 bits per heavy atom. The summed E-state index contributed by atoms with van der Waals surface area (Å²) < 4.78 is 25.6. The van der Waals surface area contributed by atoms with E-state index in [-0.39, 0.29) is 19.0 Å². The molecule has 1 aliphatic heterocycles. The van der Waals surface area contributed by atoms with Gasteiger partial charge in [0.1, 0.15) is 5.01 Å². The van der Waals surface area contributed by atoms with E-state index >= 15 is 0 Å². The molecule has 13 heavy (non-hydrogen) atoms. The van der Waals surface area contributed by atoms with Crippen LogP contribution in [0.1, 0.15) is 23.2 Å². The number of aromatic nitrogens is 1. The molecule has 1 atom stereocenters. The Kier molecular flexibility index (Phi) is 2.08. The van der Waals surface area contributed by atoms with E-state index in [0.29, 0.717) is 0 Å². The van der Waals surface area contributed by atoms with Gasteiger partial charge in [-0.3, -0.25) is 0 Å². The first kappa shape index (κ1) is 9.02. The van der Waals surface area contributed by atoms with Crippen LogP contribution in [0.5, 0.6) is 0 Å². The number of aryl methyl sites for hydroxylation is 1. The second-order valence-corrected chi connectivity index (χ2v) is 4.21. The second kappa shape index (κ2) is 2.99. The molecule has 72 valence electrons. The molecule has 1 saturated heterocycles.